The summed E-state index contributed by atoms with van der Waals surface area (Å²) in [7, 11) is -2.03. The summed E-state index contributed by atoms with van der Waals surface area (Å²) in [6.45, 7) is -0.239. The van der Waals surface area contributed by atoms with Gasteiger partial charge in [0.25, 0.3) is 5.79 Å². The van der Waals surface area contributed by atoms with Gasteiger partial charge in [-0.05, 0) is 25.0 Å². The minimum atomic E-state index is -3.39. The second kappa shape index (κ2) is 5.68. The summed E-state index contributed by atoms with van der Waals surface area (Å²) >= 11 is 0. The van der Waals surface area contributed by atoms with Crippen LogP contribution in [-0.4, -0.2) is 44.3 Å². The molecule has 0 radical (unpaired) electrons. The molecule has 1 heterocycles. The number of sulfonamides is 1. The minimum Gasteiger partial charge on any atom is -0.448 e. The molecule has 1 aliphatic heterocycles. The summed E-state index contributed by atoms with van der Waals surface area (Å²) in [5, 5.41) is 2.67. The van der Waals surface area contributed by atoms with Crippen LogP contribution in [0.4, 0.5) is 5.69 Å². The zero-order chi connectivity index (χ0) is 16.7. The molecule has 1 spiro atoms. The number of rotatable bonds is 4. The minimum absolute atomic E-state index is 0.239. The Morgan fingerprint density at radius 1 is 1.26 bits per heavy atom. The summed E-state index contributed by atoms with van der Waals surface area (Å²) in [5.74, 6) is 0.341. The number of carbonyl (C=O) groups is 1. The molecule has 1 aromatic carbocycles. The second-order valence-electron chi connectivity index (χ2n) is 6.05. The molecule has 23 heavy (non-hydrogen) atoms. The van der Waals surface area contributed by atoms with Crippen molar-refractivity contribution in [1.82, 2.24) is 4.31 Å². The number of carbonyl (C=O) groups excluding carboxylic acids is 1. The van der Waals surface area contributed by atoms with E-state index in [4.69, 9.17) is 9.47 Å². The average Bonchev–Trinajstić information content (AvgIpc) is 3.03. The molecular formula is C15H20N2O5S. The van der Waals surface area contributed by atoms with Crippen molar-refractivity contribution in [2.24, 2.45) is 0 Å². The molecule has 3 rings (SSSR count). The third-order valence-corrected chi connectivity index (χ3v) is 5.38. The van der Waals surface area contributed by atoms with Gasteiger partial charge >= 0.3 is 0 Å². The standard InChI is InChI=1S/C15H20N2O5S/c1-17(23(2,19)20)10-14(18)16-11-5-6-12-13(9-11)22-15(21-12)7-3-4-8-15/h5-6,9H,3-4,7-8,10H2,1-2H3,(H,16,18). The van der Waals surface area contributed by atoms with E-state index in [0.717, 1.165) is 36.2 Å². The first-order valence-electron chi connectivity index (χ1n) is 7.51. The maximum Gasteiger partial charge on any atom is 0.251 e. The highest BCUT2D eigenvalue weighted by Gasteiger charge is 2.44. The van der Waals surface area contributed by atoms with Gasteiger partial charge in [0.05, 0.1) is 12.8 Å². The van der Waals surface area contributed by atoms with Crippen LogP contribution in [0, 0.1) is 0 Å². The van der Waals surface area contributed by atoms with Gasteiger partial charge in [-0.2, -0.15) is 4.31 Å². The van der Waals surface area contributed by atoms with E-state index in [9.17, 15) is 13.2 Å². The van der Waals surface area contributed by atoms with Gasteiger partial charge in [-0.3, -0.25) is 4.79 Å². The fourth-order valence-electron chi connectivity index (χ4n) is 2.81. The van der Waals surface area contributed by atoms with E-state index in [0.29, 0.717) is 17.2 Å². The molecule has 0 unspecified atom stereocenters. The fourth-order valence-corrected chi connectivity index (χ4v) is 3.16. The number of nitrogens with zero attached hydrogens (tertiary/aromatic N) is 1. The number of benzene rings is 1. The van der Waals surface area contributed by atoms with Crippen molar-refractivity contribution in [3.63, 3.8) is 0 Å². The molecule has 1 fully saturated rings. The number of likely N-dealkylation sites (N-methyl/N-ethyl adjacent to an activating group) is 1. The third kappa shape index (κ3) is 3.42. The number of hydrogen-bond acceptors (Lipinski definition) is 5. The highest BCUT2D eigenvalue weighted by molar-refractivity contribution is 7.88. The predicted molar refractivity (Wildman–Crippen MR) is 85.0 cm³/mol. The largest absolute Gasteiger partial charge is 0.448 e. The van der Waals surface area contributed by atoms with Crippen molar-refractivity contribution in [2.75, 3.05) is 25.2 Å². The Labute approximate surface area is 135 Å². The Hall–Kier alpha value is -1.80. The summed E-state index contributed by atoms with van der Waals surface area (Å²) in [6.07, 6.45) is 4.94. The summed E-state index contributed by atoms with van der Waals surface area (Å²) in [6, 6.07) is 5.19. The van der Waals surface area contributed by atoms with Crippen molar-refractivity contribution in [3.8, 4) is 11.5 Å². The van der Waals surface area contributed by atoms with Crippen LogP contribution in [0.3, 0.4) is 0 Å². The first-order chi connectivity index (χ1) is 10.8. The van der Waals surface area contributed by atoms with Gasteiger partial charge in [0.1, 0.15) is 0 Å². The smallest absolute Gasteiger partial charge is 0.251 e. The van der Waals surface area contributed by atoms with Crippen molar-refractivity contribution in [1.29, 1.82) is 0 Å². The Morgan fingerprint density at radius 2 is 1.91 bits per heavy atom. The zero-order valence-corrected chi connectivity index (χ0v) is 14.0. The Bertz CT molecular complexity index is 725. The molecule has 1 aromatic rings. The Morgan fingerprint density at radius 3 is 2.57 bits per heavy atom. The molecular weight excluding hydrogens is 320 g/mol. The molecule has 2 aliphatic rings. The van der Waals surface area contributed by atoms with Crippen LogP contribution in [0.5, 0.6) is 11.5 Å². The van der Waals surface area contributed by atoms with Crippen molar-refractivity contribution >= 4 is 21.6 Å². The molecule has 0 aromatic heterocycles. The quantitative estimate of drug-likeness (QED) is 0.899. The van der Waals surface area contributed by atoms with Gasteiger partial charge in [-0.1, -0.05) is 0 Å². The van der Waals surface area contributed by atoms with Crippen LogP contribution in [0.15, 0.2) is 18.2 Å². The maximum atomic E-state index is 11.9. The topological polar surface area (TPSA) is 84.9 Å². The lowest BCUT2D eigenvalue weighted by atomic mass is 10.2. The number of anilines is 1. The van der Waals surface area contributed by atoms with Crippen LogP contribution in [0.25, 0.3) is 0 Å². The molecule has 0 bridgehead atoms. The number of nitrogens with one attached hydrogen (secondary N) is 1. The van der Waals surface area contributed by atoms with Gasteiger partial charge in [0.2, 0.25) is 15.9 Å². The van der Waals surface area contributed by atoms with Crippen LogP contribution < -0.4 is 14.8 Å². The number of ether oxygens (including phenoxy) is 2. The Balaban J connectivity index is 1.66. The van der Waals surface area contributed by atoms with E-state index in [1.54, 1.807) is 18.2 Å². The molecule has 8 heteroatoms. The van der Waals surface area contributed by atoms with Crippen molar-refractivity contribution < 1.29 is 22.7 Å². The third-order valence-electron chi connectivity index (χ3n) is 4.12. The van der Waals surface area contributed by atoms with Gasteiger partial charge in [-0.15, -0.1) is 0 Å². The molecule has 7 nitrogen and oxygen atoms in total. The SMILES string of the molecule is CN(CC(=O)Nc1ccc2c(c1)OC1(CCCC1)O2)S(C)(=O)=O. The van der Waals surface area contributed by atoms with Gasteiger partial charge < -0.3 is 14.8 Å². The van der Waals surface area contributed by atoms with E-state index in [-0.39, 0.29) is 6.54 Å². The lowest BCUT2D eigenvalue weighted by molar-refractivity contribution is -0.116. The van der Waals surface area contributed by atoms with Crippen LogP contribution in [-0.2, 0) is 14.8 Å². The lowest BCUT2D eigenvalue weighted by Crippen LogP contribution is -2.34. The maximum absolute atomic E-state index is 11.9. The van der Waals surface area contributed by atoms with Crippen LogP contribution in [0.1, 0.15) is 25.7 Å². The molecule has 1 amide bonds. The molecule has 0 saturated heterocycles. The van der Waals surface area contributed by atoms with Gasteiger partial charge in [0, 0.05) is 31.6 Å². The molecule has 126 valence electrons. The molecule has 1 aliphatic carbocycles. The first kappa shape index (κ1) is 16.1. The molecule has 0 atom stereocenters. The number of fused-ring (bicyclic) bond motifs is 1. The van der Waals surface area contributed by atoms with E-state index in [2.05, 4.69) is 5.32 Å². The van der Waals surface area contributed by atoms with E-state index in [1.807, 2.05) is 0 Å². The lowest BCUT2D eigenvalue weighted by Gasteiger charge is -2.21. The van der Waals surface area contributed by atoms with E-state index in [1.165, 1.54) is 7.05 Å². The highest BCUT2D eigenvalue weighted by Crippen LogP contribution is 2.47. The van der Waals surface area contributed by atoms with Crippen LogP contribution in [0.2, 0.25) is 0 Å². The number of amides is 1. The average molecular weight is 340 g/mol. The van der Waals surface area contributed by atoms with Gasteiger partial charge in [-0.25, -0.2) is 8.42 Å². The normalized spacial score (nSPS) is 18.6. The summed E-state index contributed by atoms with van der Waals surface area (Å²) < 4.78 is 35.5. The number of hydrogen-bond donors (Lipinski definition) is 1. The highest BCUT2D eigenvalue weighted by atomic mass is 32.2. The first-order valence-corrected chi connectivity index (χ1v) is 9.36. The van der Waals surface area contributed by atoms with E-state index >= 15 is 0 Å². The zero-order valence-electron chi connectivity index (χ0n) is 13.2. The fraction of sp³-hybridized carbons (Fsp3) is 0.533. The second-order valence-corrected chi connectivity index (χ2v) is 8.14. The van der Waals surface area contributed by atoms with Crippen molar-refractivity contribution in [3.05, 3.63) is 18.2 Å². The molecule has 1 N–H and O–H groups in total. The summed E-state index contributed by atoms with van der Waals surface area (Å²) in [5.41, 5.74) is 0.550. The van der Waals surface area contributed by atoms with Crippen molar-refractivity contribution in [2.45, 2.75) is 31.5 Å². The van der Waals surface area contributed by atoms with Crippen LogP contribution >= 0.6 is 0 Å². The monoisotopic (exact) mass is 340 g/mol. The Kier molecular flexibility index (Phi) is 3.97. The molecule has 1 saturated carbocycles. The van der Waals surface area contributed by atoms with E-state index < -0.39 is 21.7 Å². The predicted octanol–water partition coefficient (Wildman–Crippen LogP) is 1.56. The van der Waals surface area contributed by atoms with Gasteiger partial charge in [0.15, 0.2) is 11.5 Å². The summed E-state index contributed by atoms with van der Waals surface area (Å²) in [4.78, 5) is 11.9.